The second-order valence-corrected chi connectivity index (χ2v) is 6.68. The lowest BCUT2D eigenvalue weighted by Crippen LogP contribution is -2.28. The van der Waals surface area contributed by atoms with Crippen LogP contribution in [0.1, 0.15) is 37.4 Å². The largest absolute Gasteiger partial charge is 0.310 e. The van der Waals surface area contributed by atoms with E-state index >= 15 is 0 Å². The highest BCUT2D eigenvalue weighted by atomic mass is 79.9. The molecule has 2 atom stereocenters. The van der Waals surface area contributed by atoms with Gasteiger partial charge in [0, 0.05) is 11.8 Å². The number of hydrogen-bond donors (Lipinski definition) is 1. The predicted octanol–water partition coefficient (Wildman–Crippen LogP) is 4.51. The number of hydrogen-bond acceptors (Lipinski definition) is 2. The van der Waals surface area contributed by atoms with Crippen molar-refractivity contribution >= 4 is 27.7 Å². The molecule has 0 saturated heterocycles. The normalized spacial score (nSPS) is 23.6. The topological polar surface area (TPSA) is 12.0 Å². The third kappa shape index (κ3) is 2.91. The van der Waals surface area contributed by atoms with Crippen LogP contribution in [-0.2, 0) is 5.75 Å². The van der Waals surface area contributed by atoms with Gasteiger partial charge in [-0.15, -0.1) is 0 Å². The molecular formula is C14H19BrFNS. The Balaban J connectivity index is 2.39. The number of thioether (sulfide) groups is 1. The van der Waals surface area contributed by atoms with Crippen molar-refractivity contribution < 1.29 is 4.39 Å². The van der Waals surface area contributed by atoms with Crippen LogP contribution in [0.25, 0.3) is 0 Å². The minimum atomic E-state index is -0.154. The Kier molecular flexibility index (Phi) is 5.10. The number of nitrogens with one attached hydrogen (secondary N) is 1. The second-order valence-electron chi connectivity index (χ2n) is 4.85. The molecule has 2 unspecified atom stereocenters. The summed E-state index contributed by atoms with van der Waals surface area (Å²) in [6, 6.07) is 3.86. The van der Waals surface area contributed by atoms with Crippen molar-refractivity contribution in [2.75, 3.05) is 12.3 Å². The molecule has 1 aliphatic rings. The molecular weight excluding hydrogens is 313 g/mol. The summed E-state index contributed by atoms with van der Waals surface area (Å²) >= 11 is 5.29. The molecule has 4 heteroatoms. The Morgan fingerprint density at radius 2 is 2.28 bits per heavy atom. The number of fused-ring (bicyclic) bond motifs is 1. The van der Waals surface area contributed by atoms with Crippen LogP contribution in [0.2, 0.25) is 0 Å². The molecule has 0 aliphatic carbocycles. The summed E-state index contributed by atoms with van der Waals surface area (Å²) in [6.45, 7) is 5.45. The Bertz CT molecular complexity index is 425. The van der Waals surface area contributed by atoms with Crippen molar-refractivity contribution in [3.05, 3.63) is 33.5 Å². The molecule has 2 rings (SSSR count). The van der Waals surface area contributed by atoms with Gasteiger partial charge in [-0.2, -0.15) is 11.8 Å². The first-order chi connectivity index (χ1) is 8.65. The molecule has 0 fully saturated rings. The van der Waals surface area contributed by atoms with Crippen LogP contribution in [0.15, 0.2) is 16.6 Å². The fourth-order valence-electron chi connectivity index (χ4n) is 2.41. The zero-order valence-corrected chi connectivity index (χ0v) is 13.2. The van der Waals surface area contributed by atoms with Crippen LogP contribution in [0, 0.1) is 11.7 Å². The quantitative estimate of drug-likeness (QED) is 0.874. The standard InChI is InChI=1S/C14H19BrFNS/c1-3-6-17-14-9(2)7-18-8-11-10(14)4-5-12(16)13(11)15/h4-5,9,14,17H,3,6-8H2,1-2H3. The van der Waals surface area contributed by atoms with Crippen molar-refractivity contribution in [1.29, 1.82) is 0 Å². The van der Waals surface area contributed by atoms with Gasteiger partial charge >= 0.3 is 0 Å². The average Bonchev–Trinajstić information content (AvgIpc) is 2.51. The average molecular weight is 332 g/mol. The van der Waals surface area contributed by atoms with Crippen LogP contribution in [0.3, 0.4) is 0 Å². The maximum absolute atomic E-state index is 13.6. The summed E-state index contributed by atoms with van der Waals surface area (Å²) in [7, 11) is 0. The fourth-order valence-corrected chi connectivity index (χ4v) is 4.29. The van der Waals surface area contributed by atoms with Gasteiger partial charge in [0.2, 0.25) is 0 Å². The highest BCUT2D eigenvalue weighted by Gasteiger charge is 2.26. The van der Waals surface area contributed by atoms with Gasteiger partial charge in [-0.05, 0) is 57.8 Å². The molecule has 1 aromatic carbocycles. The van der Waals surface area contributed by atoms with Gasteiger partial charge in [-0.1, -0.05) is 19.9 Å². The minimum absolute atomic E-state index is 0.154. The lowest BCUT2D eigenvalue weighted by molar-refractivity contribution is 0.418. The van der Waals surface area contributed by atoms with E-state index in [1.807, 2.05) is 17.8 Å². The molecule has 1 nitrogen and oxygen atoms in total. The van der Waals surface area contributed by atoms with Crippen molar-refractivity contribution in [2.45, 2.75) is 32.1 Å². The van der Waals surface area contributed by atoms with Crippen molar-refractivity contribution in [1.82, 2.24) is 5.32 Å². The van der Waals surface area contributed by atoms with Gasteiger partial charge in [0.05, 0.1) is 4.47 Å². The molecule has 1 aromatic rings. The monoisotopic (exact) mass is 331 g/mol. The fraction of sp³-hybridized carbons (Fsp3) is 0.571. The summed E-state index contributed by atoms with van der Waals surface area (Å²) in [5.41, 5.74) is 2.38. The molecule has 18 heavy (non-hydrogen) atoms. The van der Waals surface area contributed by atoms with Gasteiger partial charge in [0.15, 0.2) is 0 Å². The summed E-state index contributed by atoms with van der Waals surface area (Å²) in [5.74, 6) is 2.42. The third-order valence-electron chi connectivity index (χ3n) is 3.38. The molecule has 0 bridgehead atoms. The number of halogens is 2. The van der Waals surface area contributed by atoms with E-state index in [1.54, 1.807) is 6.07 Å². The van der Waals surface area contributed by atoms with Crippen LogP contribution < -0.4 is 5.32 Å². The van der Waals surface area contributed by atoms with E-state index in [2.05, 4.69) is 35.1 Å². The molecule has 100 valence electrons. The Labute approximate surface area is 121 Å². The van der Waals surface area contributed by atoms with Crippen molar-refractivity contribution in [2.24, 2.45) is 5.92 Å². The number of benzene rings is 1. The summed E-state index contributed by atoms with van der Waals surface area (Å²) in [6.07, 6.45) is 1.12. The first-order valence-corrected chi connectivity index (χ1v) is 8.37. The smallest absolute Gasteiger partial charge is 0.137 e. The molecule has 0 radical (unpaired) electrons. The first-order valence-electron chi connectivity index (χ1n) is 6.43. The van der Waals surface area contributed by atoms with Gasteiger partial charge in [-0.3, -0.25) is 0 Å². The Morgan fingerprint density at radius 1 is 1.50 bits per heavy atom. The van der Waals surface area contributed by atoms with E-state index in [0.29, 0.717) is 16.4 Å². The molecule has 0 spiro atoms. The first kappa shape index (κ1) is 14.4. The van der Waals surface area contributed by atoms with E-state index in [1.165, 1.54) is 5.56 Å². The predicted molar refractivity (Wildman–Crippen MR) is 80.5 cm³/mol. The Hall–Kier alpha value is -0.0600. The summed E-state index contributed by atoms with van der Waals surface area (Å²) < 4.78 is 14.3. The zero-order chi connectivity index (χ0) is 13.1. The van der Waals surface area contributed by atoms with Crippen LogP contribution >= 0.6 is 27.7 Å². The molecule has 0 amide bonds. The van der Waals surface area contributed by atoms with Crippen LogP contribution in [-0.4, -0.2) is 12.3 Å². The molecule has 0 saturated carbocycles. The summed E-state index contributed by atoms with van der Waals surface area (Å²) in [4.78, 5) is 0. The van der Waals surface area contributed by atoms with Crippen LogP contribution in [0.5, 0.6) is 0 Å². The van der Waals surface area contributed by atoms with Crippen molar-refractivity contribution in [3.63, 3.8) is 0 Å². The Morgan fingerprint density at radius 3 is 3.00 bits per heavy atom. The van der Waals surface area contributed by atoms with Gasteiger partial charge in [0.1, 0.15) is 5.82 Å². The molecule has 1 aliphatic heterocycles. The van der Waals surface area contributed by atoms with E-state index in [9.17, 15) is 4.39 Å². The third-order valence-corrected chi connectivity index (χ3v) is 5.49. The SMILES string of the molecule is CCCNC1c2ccc(F)c(Br)c2CSCC1C. The molecule has 1 N–H and O–H groups in total. The van der Waals surface area contributed by atoms with Crippen molar-refractivity contribution in [3.8, 4) is 0 Å². The lowest BCUT2D eigenvalue weighted by atomic mass is 9.92. The second kappa shape index (κ2) is 6.40. The van der Waals surface area contributed by atoms with E-state index in [-0.39, 0.29) is 5.82 Å². The van der Waals surface area contributed by atoms with E-state index in [0.717, 1.165) is 30.0 Å². The zero-order valence-electron chi connectivity index (χ0n) is 10.8. The molecule has 0 aromatic heterocycles. The maximum Gasteiger partial charge on any atom is 0.137 e. The highest BCUT2D eigenvalue weighted by molar-refractivity contribution is 9.10. The van der Waals surface area contributed by atoms with Gasteiger partial charge in [-0.25, -0.2) is 4.39 Å². The highest BCUT2D eigenvalue weighted by Crippen LogP contribution is 2.38. The maximum atomic E-state index is 13.6. The molecule has 1 heterocycles. The van der Waals surface area contributed by atoms with E-state index in [4.69, 9.17) is 0 Å². The van der Waals surface area contributed by atoms with Gasteiger partial charge < -0.3 is 5.32 Å². The minimum Gasteiger partial charge on any atom is -0.310 e. The van der Waals surface area contributed by atoms with E-state index < -0.39 is 0 Å². The summed E-state index contributed by atoms with van der Waals surface area (Å²) in [5, 5.41) is 3.61. The van der Waals surface area contributed by atoms with Gasteiger partial charge in [0.25, 0.3) is 0 Å². The van der Waals surface area contributed by atoms with Crippen LogP contribution in [0.4, 0.5) is 4.39 Å². The lowest BCUT2D eigenvalue weighted by Gasteiger charge is -2.25. The number of rotatable bonds is 3.